The Hall–Kier alpha value is -2.04. The third-order valence-corrected chi connectivity index (χ3v) is 7.72. The van der Waals surface area contributed by atoms with E-state index in [2.05, 4.69) is 105 Å². The van der Waals surface area contributed by atoms with Gasteiger partial charge in [-0.15, -0.1) is 0 Å². The van der Waals surface area contributed by atoms with Crippen molar-refractivity contribution in [2.75, 3.05) is 23.9 Å². The van der Waals surface area contributed by atoms with Crippen LogP contribution in [0.5, 0.6) is 11.5 Å². The fourth-order valence-corrected chi connectivity index (χ4v) is 5.52. The van der Waals surface area contributed by atoms with Gasteiger partial charge in [0.05, 0.1) is 13.2 Å². The molecule has 2 nitrogen and oxygen atoms in total. The number of hydrogen-bond donors (Lipinski definition) is 0. The van der Waals surface area contributed by atoms with Crippen LogP contribution in [-0.4, -0.2) is 23.9 Å². The molecule has 0 saturated heterocycles. The summed E-state index contributed by atoms with van der Waals surface area (Å²) in [6.45, 7) is 1.45. The second-order valence-electron chi connectivity index (χ2n) is 9.22. The summed E-state index contributed by atoms with van der Waals surface area (Å²) in [5.41, 5.74) is 2.28. The number of halogens is 2. The molecule has 0 aliphatic rings. The zero-order valence-electron chi connectivity index (χ0n) is 21.0. The summed E-state index contributed by atoms with van der Waals surface area (Å²) in [6, 6.07) is 25.8. The van der Waals surface area contributed by atoms with Gasteiger partial charge in [-0.3, -0.25) is 0 Å². The van der Waals surface area contributed by atoms with Crippen molar-refractivity contribution in [2.24, 2.45) is 0 Å². The van der Waals surface area contributed by atoms with Crippen molar-refractivity contribution < 1.29 is 9.47 Å². The monoisotopic (exact) mass is 610 g/mol. The molecule has 0 amide bonds. The molecule has 0 bridgehead atoms. The van der Waals surface area contributed by atoms with Crippen LogP contribution in [0, 0.1) is 0 Å². The van der Waals surface area contributed by atoms with Gasteiger partial charge >= 0.3 is 0 Å². The smallest absolute Gasteiger partial charge is 0.127 e. The molecule has 0 saturated carbocycles. The molecule has 0 fully saturated rings. The van der Waals surface area contributed by atoms with Crippen LogP contribution in [0.2, 0.25) is 0 Å². The van der Waals surface area contributed by atoms with Crippen molar-refractivity contribution >= 4 is 53.4 Å². The highest BCUT2D eigenvalue weighted by atomic mass is 79.9. The largest absolute Gasteiger partial charge is 0.493 e. The molecule has 0 N–H and O–H groups in total. The van der Waals surface area contributed by atoms with Gasteiger partial charge in [-0.05, 0) is 59.4 Å². The van der Waals surface area contributed by atoms with E-state index in [1.807, 2.05) is 0 Å². The molecule has 0 aliphatic heterocycles. The first-order valence-corrected chi connectivity index (χ1v) is 15.5. The van der Waals surface area contributed by atoms with Crippen LogP contribution in [0.25, 0.3) is 32.7 Å². The number of benzene rings is 4. The highest BCUT2D eigenvalue weighted by Crippen LogP contribution is 2.45. The fraction of sp³-hybridized carbons (Fsp3) is 0.375. The molecule has 4 aromatic rings. The van der Waals surface area contributed by atoms with Crippen molar-refractivity contribution in [3.8, 4) is 22.6 Å². The fourth-order valence-electron chi connectivity index (χ4n) is 4.72. The minimum atomic E-state index is 0.724. The second-order valence-corrected chi connectivity index (χ2v) is 10.8. The molecule has 0 unspecified atom stereocenters. The zero-order chi connectivity index (χ0) is 25.0. The summed E-state index contributed by atoms with van der Waals surface area (Å²) in [7, 11) is 0. The molecular weight excluding hydrogens is 576 g/mol. The molecular formula is C32H36Br2O2. The van der Waals surface area contributed by atoms with Crippen molar-refractivity contribution in [2.45, 2.75) is 51.4 Å². The first kappa shape index (κ1) is 27.0. The van der Waals surface area contributed by atoms with E-state index in [1.54, 1.807) is 0 Å². The molecule has 0 aliphatic carbocycles. The van der Waals surface area contributed by atoms with Gasteiger partial charge in [0.15, 0.2) is 0 Å². The second kappa shape index (κ2) is 14.6. The average molecular weight is 612 g/mol. The van der Waals surface area contributed by atoms with Crippen molar-refractivity contribution in [3.63, 3.8) is 0 Å². The lowest BCUT2D eigenvalue weighted by atomic mass is 9.92. The number of hydrogen-bond acceptors (Lipinski definition) is 2. The minimum Gasteiger partial charge on any atom is -0.493 e. The minimum absolute atomic E-state index is 0.724. The Labute approximate surface area is 232 Å². The van der Waals surface area contributed by atoms with Gasteiger partial charge in [0.2, 0.25) is 0 Å². The Kier molecular flexibility index (Phi) is 11.0. The lowest BCUT2D eigenvalue weighted by molar-refractivity contribution is 0.302. The maximum absolute atomic E-state index is 6.48. The van der Waals surface area contributed by atoms with Crippen LogP contribution in [0.15, 0.2) is 72.8 Å². The van der Waals surface area contributed by atoms with Gasteiger partial charge in [0, 0.05) is 21.8 Å². The van der Waals surface area contributed by atoms with E-state index in [4.69, 9.17) is 9.47 Å². The van der Waals surface area contributed by atoms with E-state index in [0.29, 0.717) is 0 Å². The Morgan fingerprint density at radius 2 is 0.861 bits per heavy atom. The number of ether oxygens (including phenoxy) is 2. The molecule has 4 heteroatoms. The Bertz CT molecular complexity index is 1140. The summed E-state index contributed by atoms with van der Waals surface area (Å²) < 4.78 is 13.0. The van der Waals surface area contributed by atoms with Gasteiger partial charge in [0.25, 0.3) is 0 Å². The van der Waals surface area contributed by atoms with Crippen molar-refractivity contribution in [1.29, 1.82) is 0 Å². The van der Waals surface area contributed by atoms with Crippen LogP contribution in [0.1, 0.15) is 51.4 Å². The third kappa shape index (κ3) is 7.04. The summed E-state index contributed by atoms with van der Waals surface area (Å²) in [6.07, 6.45) is 9.39. The van der Waals surface area contributed by atoms with Crippen molar-refractivity contribution in [3.05, 3.63) is 72.8 Å². The van der Waals surface area contributed by atoms with Crippen LogP contribution in [-0.2, 0) is 0 Å². The summed E-state index contributed by atoms with van der Waals surface area (Å²) in [4.78, 5) is 0. The van der Waals surface area contributed by atoms with E-state index in [1.165, 1.54) is 60.1 Å². The Morgan fingerprint density at radius 1 is 0.444 bits per heavy atom. The number of rotatable bonds is 15. The maximum Gasteiger partial charge on any atom is 0.127 e. The van der Waals surface area contributed by atoms with Gasteiger partial charge in [-0.25, -0.2) is 0 Å². The average Bonchev–Trinajstić information content (AvgIpc) is 2.92. The lowest BCUT2D eigenvalue weighted by Gasteiger charge is -2.20. The van der Waals surface area contributed by atoms with Crippen LogP contribution < -0.4 is 9.47 Å². The van der Waals surface area contributed by atoms with E-state index < -0.39 is 0 Å². The molecule has 190 valence electrons. The predicted octanol–water partition coefficient (Wildman–Crippen LogP) is 10.3. The highest BCUT2D eigenvalue weighted by Gasteiger charge is 2.19. The van der Waals surface area contributed by atoms with E-state index in [0.717, 1.165) is 59.3 Å². The Balaban J connectivity index is 1.71. The molecule has 4 rings (SSSR count). The molecule has 4 aromatic carbocycles. The van der Waals surface area contributed by atoms with E-state index >= 15 is 0 Å². The molecule has 0 spiro atoms. The van der Waals surface area contributed by atoms with Crippen LogP contribution in [0.4, 0.5) is 0 Å². The first-order valence-electron chi connectivity index (χ1n) is 13.2. The topological polar surface area (TPSA) is 18.5 Å². The molecule has 36 heavy (non-hydrogen) atoms. The maximum atomic E-state index is 6.48. The normalized spacial score (nSPS) is 11.3. The van der Waals surface area contributed by atoms with Gasteiger partial charge < -0.3 is 9.47 Å². The SMILES string of the molecule is BrCCCCCCOc1ccc2ccccc2c1-c1c(OCCCCCCBr)ccc2ccccc12. The quantitative estimate of drug-likeness (QED) is 0.0983. The van der Waals surface area contributed by atoms with E-state index in [-0.39, 0.29) is 0 Å². The van der Waals surface area contributed by atoms with Crippen LogP contribution >= 0.6 is 31.9 Å². The predicted molar refractivity (Wildman–Crippen MR) is 162 cm³/mol. The summed E-state index contributed by atoms with van der Waals surface area (Å²) >= 11 is 7.06. The molecule has 0 radical (unpaired) electrons. The third-order valence-electron chi connectivity index (χ3n) is 6.60. The van der Waals surface area contributed by atoms with Crippen molar-refractivity contribution in [1.82, 2.24) is 0 Å². The first-order chi connectivity index (χ1) is 17.8. The van der Waals surface area contributed by atoms with E-state index in [9.17, 15) is 0 Å². The summed E-state index contributed by atoms with van der Waals surface area (Å²) in [5.74, 6) is 1.88. The lowest BCUT2D eigenvalue weighted by Crippen LogP contribution is -2.02. The summed E-state index contributed by atoms with van der Waals surface area (Å²) in [5, 5.41) is 6.98. The van der Waals surface area contributed by atoms with Gasteiger partial charge in [0.1, 0.15) is 11.5 Å². The van der Waals surface area contributed by atoms with Gasteiger partial charge in [-0.2, -0.15) is 0 Å². The highest BCUT2D eigenvalue weighted by molar-refractivity contribution is 9.09. The number of fused-ring (bicyclic) bond motifs is 2. The molecule has 0 atom stereocenters. The number of alkyl halides is 2. The molecule has 0 aromatic heterocycles. The van der Waals surface area contributed by atoms with Crippen LogP contribution in [0.3, 0.4) is 0 Å². The Morgan fingerprint density at radius 3 is 1.31 bits per heavy atom. The standard InChI is InChI=1S/C32H36Br2O2/c33-21-9-1-3-11-23-35-29-19-17-25-13-5-7-15-27(25)31(29)32-28-16-8-6-14-26(28)18-20-30(32)36-24-12-4-2-10-22-34/h5-8,13-20H,1-4,9-12,21-24H2. The van der Waals surface area contributed by atoms with Gasteiger partial charge in [-0.1, -0.05) is 118 Å². The number of unbranched alkanes of at least 4 members (excludes halogenated alkanes) is 6. The zero-order valence-corrected chi connectivity index (χ0v) is 24.2. The molecule has 0 heterocycles.